The average molecular weight is 294 g/mol. The first-order valence-electron chi connectivity index (χ1n) is 7.48. The SMILES string of the molecule is CCN(C(=O)N/C=C/c1ccc(C)cc1)c1cccc(C)c1. The summed E-state index contributed by atoms with van der Waals surface area (Å²) in [6.45, 7) is 6.65. The van der Waals surface area contributed by atoms with Crippen LogP contribution in [0.25, 0.3) is 6.08 Å². The van der Waals surface area contributed by atoms with Crippen molar-refractivity contribution < 1.29 is 4.79 Å². The second-order valence-electron chi connectivity index (χ2n) is 5.28. The van der Waals surface area contributed by atoms with Gasteiger partial charge in [-0.15, -0.1) is 0 Å². The first kappa shape index (κ1) is 15.8. The molecule has 22 heavy (non-hydrogen) atoms. The van der Waals surface area contributed by atoms with Crippen LogP contribution in [0.3, 0.4) is 0 Å². The van der Waals surface area contributed by atoms with Gasteiger partial charge in [0.2, 0.25) is 0 Å². The van der Waals surface area contributed by atoms with E-state index in [2.05, 4.69) is 12.2 Å². The summed E-state index contributed by atoms with van der Waals surface area (Å²) in [4.78, 5) is 14.0. The van der Waals surface area contributed by atoms with E-state index in [1.165, 1.54) is 5.56 Å². The van der Waals surface area contributed by atoms with E-state index in [1.807, 2.05) is 68.5 Å². The fourth-order valence-corrected chi connectivity index (χ4v) is 2.20. The minimum Gasteiger partial charge on any atom is -0.314 e. The Morgan fingerprint density at radius 3 is 2.45 bits per heavy atom. The maximum absolute atomic E-state index is 12.3. The molecule has 2 aromatic rings. The number of anilines is 1. The summed E-state index contributed by atoms with van der Waals surface area (Å²) in [6.07, 6.45) is 3.58. The number of nitrogens with one attached hydrogen (secondary N) is 1. The van der Waals surface area contributed by atoms with Crippen molar-refractivity contribution in [2.45, 2.75) is 20.8 Å². The molecule has 0 aliphatic heterocycles. The highest BCUT2D eigenvalue weighted by Crippen LogP contribution is 2.15. The molecule has 0 saturated heterocycles. The Kier molecular flexibility index (Phi) is 5.37. The summed E-state index contributed by atoms with van der Waals surface area (Å²) < 4.78 is 0. The van der Waals surface area contributed by atoms with E-state index < -0.39 is 0 Å². The maximum atomic E-state index is 12.3. The minimum absolute atomic E-state index is 0.128. The smallest absolute Gasteiger partial charge is 0.314 e. The molecule has 0 radical (unpaired) electrons. The number of amides is 2. The molecule has 1 N–H and O–H groups in total. The largest absolute Gasteiger partial charge is 0.325 e. The highest BCUT2D eigenvalue weighted by Gasteiger charge is 2.11. The molecule has 2 aromatic carbocycles. The van der Waals surface area contributed by atoms with Crippen LogP contribution in [0, 0.1) is 13.8 Å². The van der Waals surface area contributed by atoms with Gasteiger partial charge in [-0.2, -0.15) is 0 Å². The molecule has 2 amide bonds. The summed E-state index contributed by atoms with van der Waals surface area (Å²) in [5.41, 5.74) is 4.32. The van der Waals surface area contributed by atoms with Gasteiger partial charge in [0, 0.05) is 18.4 Å². The van der Waals surface area contributed by atoms with Crippen LogP contribution in [-0.4, -0.2) is 12.6 Å². The molecule has 114 valence electrons. The molecule has 0 spiro atoms. The number of urea groups is 1. The molecule has 0 aliphatic carbocycles. The predicted molar refractivity (Wildman–Crippen MR) is 92.9 cm³/mol. The Morgan fingerprint density at radius 2 is 1.82 bits per heavy atom. The number of hydrogen-bond acceptors (Lipinski definition) is 1. The van der Waals surface area contributed by atoms with Crippen LogP contribution in [0.15, 0.2) is 54.7 Å². The Balaban J connectivity index is 2.02. The molecular weight excluding hydrogens is 272 g/mol. The molecular formula is C19H22N2O. The van der Waals surface area contributed by atoms with Gasteiger partial charge in [-0.25, -0.2) is 4.79 Å². The van der Waals surface area contributed by atoms with Gasteiger partial charge in [-0.05, 0) is 50.1 Å². The molecule has 3 heteroatoms. The normalized spacial score (nSPS) is 10.7. The average Bonchev–Trinajstić information content (AvgIpc) is 2.50. The lowest BCUT2D eigenvalue weighted by Crippen LogP contribution is -2.37. The van der Waals surface area contributed by atoms with Gasteiger partial charge in [0.15, 0.2) is 0 Å². The molecule has 0 atom stereocenters. The van der Waals surface area contributed by atoms with Gasteiger partial charge < -0.3 is 5.32 Å². The number of hydrogen-bond donors (Lipinski definition) is 1. The van der Waals surface area contributed by atoms with Crippen LogP contribution >= 0.6 is 0 Å². The highest BCUT2D eigenvalue weighted by molar-refractivity contribution is 5.92. The number of rotatable bonds is 4. The van der Waals surface area contributed by atoms with Crippen molar-refractivity contribution in [2.75, 3.05) is 11.4 Å². The van der Waals surface area contributed by atoms with Gasteiger partial charge in [0.05, 0.1) is 0 Å². The van der Waals surface area contributed by atoms with Gasteiger partial charge in [-0.3, -0.25) is 4.90 Å². The van der Waals surface area contributed by atoms with E-state index >= 15 is 0 Å². The zero-order valence-corrected chi connectivity index (χ0v) is 13.3. The van der Waals surface area contributed by atoms with Gasteiger partial charge >= 0.3 is 6.03 Å². The van der Waals surface area contributed by atoms with Crippen molar-refractivity contribution in [3.05, 3.63) is 71.4 Å². The maximum Gasteiger partial charge on any atom is 0.325 e. The molecule has 3 nitrogen and oxygen atoms in total. The molecule has 0 unspecified atom stereocenters. The van der Waals surface area contributed by atoms with Crippen LogP contribution in [0.5, 0.6) is 0 Å². The van der Waals surface area contributed by atoms with E-state index in [4.69, 9.17) is 0 Å². The summed E-state index contributed by atoms with van der Waals surface area (Å²) in [6, 6.07) is 15.9. The zero-order chi connectivity index (χ0) is 15.9. The van der Waals surface area contributed by atoms with Crippen molar-refractivity contribution >= 4 is 17.8 Å². The standard InChI is InChI=1S/C19H22N2O/c1-4-21(18-7-5-6-16(3)14-18)19(22)20-13-12-17-10-8-15(2)9-11-17/h5-14H,4H2,1-3H3,(H,20,22)/b13-12+. The van der Waals surface area contributed by atoms with E-state index in [1.54, 1.807) is 11.1 Å². The Morgan fingerprint density at radius 1 is 1.09 bits per heavy atom. The first-order valence-corrected chi connectivity index (χ1v) is 7.48. The van der Waals surface area contributed by atoms with Crippen molar-refractivity contribution in [2.24, 2.45) is 0 Å². The Bertz CT molecular complexity index is 659. The van der Waals surface area contributed by atoms with E-state index in [0.29, 0.717) is 6.54 Å². The number of nitrogens with zero attached hydrogens (tertiary/aromatic N) is 1. The molecule has 0 heterocycles. The van der Waals surface area contributed by atoms with Gasteiger partial charge in [0.1, 0.15) is 0 Å². The lowest BCUT2D eigenvalue weighted by molar-refractivity contribution is 0.249. The zero-order valence-electron chi connectivity index (χ0n) is 13.3. The van der Waals surface area contributed by atoms with E-state index in [9.17, 15) is 4.79 Å². The lowest BCUT2D eigenvalue weighted by Gasteiger charge is -2.20. The number of carbonyl (C=O) groups is 1. The third kappa shape index (κ3) is 4.22. The third-order valence-electron chi connectivity index (χ3n) is 3.43. The van der Waals surface area contributed by atoms with E-state index in [-0.39, 0.29) is 6.03 Å². The van der Waals surface area contributed by atoms with Crippen molar-refractivity contribution in [1.82, 2.24) is 5.32 Å². The molecule has 0 fully saturated rings. The second kappa shape index (κ2) is 7.46. The summed E-state index contributed by atoms with van der Waals surface area (Å²) in [5.74, 6) is 0. The van der Waals surface area contributed by atoms with Crippen LogP contribution in [0.4, 0.5) is 10.5 Å². The second-order valence-corrected chi connectivity index (χ2v) is 5.28. The lowest BCUT2D eigenvalue weighted by atomic mass is 10.1. The summed E-state index contributed by atoms with van der Waals surface area (Å²) >= 11 is 0. The Hall–Kier alpha value is -2.55. The highest BCUT2D eigenvalue weighted by atomic mass is 16.2. The molecule has 0 aromatic heterocycles. The van der Waals surface area contributed by atoms with Gasteiger partial charge in [-0.1, -0.05) is 42.0 Å². The fourth-order valence-electron chi connectivity index (χ4n) is 2.20. The summed E-state index contributed by atoms with van der Waals surface area (Å²) in [7, 11) is 0. The minimum atomic E-state index is -0.128. The molecule has 2 rings (SSSR count). The fraction of sp³-hybridized carbons (Fsp3) is 0.211. The molecule has 0 aliphatic rings. The monoisotopic (exact) mass is 294 g/mol. The van der Waals surface area contributed by atoms with Crippen molar-refractivity contribution in [3.63, 3.8) is 0 Å². The molecule has 0 bridgehead atoms. The van der Waals surface area contributed by atoms with Crippen LogP contribution in [-0.2, 0) is 0 Å². The number of aryl methyl sites for hydroxylation is 2. The quantitative estimate of drug-likeness (QED) is 0.884. The van der Waals surface area contributed by atoms with Crippen molar-refractivity contribution in [1.29, 1.82) is 0 Å². The van der Waals surface area contributed by atoms with E-state index in [0.717, 1.165) is 16.8 Å². The van der Waals surface area contributed by atoms with Crippen molar-refractivity contribution in [3.8, 4) is 0 Å². The summed E-state index contributed by atoms with van der Waals surface area (Å²) in [5, 5.41) is 2.82. The predicted octanol–water partition coefficient (Wildman–Crippen LogP) is 4.51. The topological polar surface area (TPSA) is 32.3 Å². The van der Waals surface area contributed by atoms with Crippen LogP contribution in [0.2, 0.25) is 0 Å². The van der Waals surface area contributed by atoms with Crippen LogP contribution < -0.4 is 10.2 Å². The number of carbonyl (C=O) groups excluding carboxylic acids is 1. The molecule has 0 saturated carbocycles. The number of benzene rings is 2. The first-order chi connectivity index (χ1) is 10.6. The Labute approximate surface area is 132 Å². The van der Waals surface area contributed by atoms with Gasteiger partial charge in [0.25, 0.3) is 0 Å². The third-order valence-corrected chi connectivity index (χ3v) is 3.43. The van der Waals surface area contributed by atoms with Crippen LogP contribution in [0.1, 0.15) is 23.6 Å².